The Hall–Kier alpha value is -3.62. The molecule has 5 atom stereocenters. The first-order chi connectivity index (χ1) is 20.5. The molecule has 6 rings (SSSR count). The zero-order valence-corrected chi connectivity index (χ0v) is 24.3. The van der Waals surface area contributed by atoms with Crippen LogP contribution in [0.2, 0.25) is 0 Å². The maximum atomic E-state index is 14.2. The van der Waals surface area contributed by atoms with Gasteiger partial charge in [-0.05, 0) is 81.4 Å². The van der Waals surface area contributed by atoms with Gasteiger partial charge in [0.25, 0.3) is 0 Å². The number of ether oxygens (including phenoxy) is 3. The molecular formula is C33H41N3O6. The average molecular weight is 576 g/mol. The highest BCUT2D eigenvalue weighted by atomic mass is 16.6. The molecule has 3 heterocycles. The number of carbonyl (C=O) groups is 3. The third kappa shape index (κ3) is 6.10. The second-order valence-electron chi connectivity index (χ2n) is 12.2. The van der Waals surface area contributed by atoms with Crippen molar-refractivity contribution in [2.75, 3.05) is 13.7 Å². The fourth-order valence-electron chi connectivity index (χ4n) is 7.32. The van der Waals surface area contributed by atoms with Gasteiger partial charge in [-0.25, -0.2) is 14.6 Å². The van der Waals surface area contributed by atoms with Crippen molar-refractivity contribution in [3.05, 3.63) is 42.1 Å². The number of allylic oxidation sites excluding steroid dienone is 1. The molecule has 0 spiro atoms. The molecule has 2 aliphatic carbocycles. The van der Waals surface area contributed by atoms with Gasteiger partial charge < -0.3 is 24.4 Å². The van der Waals surface area contributed by atoms with Gasteiger partial charge in [-0.3, -0.25) is 4.79 Å². The van der Waals surface area contributed by atoms with E-state index in [2.05, 4.69) is 11.4 Å². The van der Waals surface area contributed by atoms with Crippen LogP contribution >= 0.6 is 0 Å². The van der Waals surface area contributed by atoms with E-state index in [0.717, 1.165) is 80.8 Å². The van der Waals surface area contributed by atoms with E-state index in [0.29, 0.717) is 18.1 Å². The molecule has 2 saturated carbocycles. The number of benzene rings is 1. The summed E-state index contributed by atoms with van der Waals surface area (Å²) in [4.78, 5) is 46.8. The summed E-state index contributed by atoms with van der Waals surface area (Å²) in [6.45, 7) is 0.208. The molecule has 3 fully saturated rings. The maximum absolute atomic E-state index is 14.2. The van der Waals surface area contributed by atoms with E-state index >= 15 is 0 Å². The Kier molecular flexibility index (Phi) is 8.63. The number of nitrogens with one attached hydrogen (secondary N) is 1. The van der Waals surface area contributed by atoms with Gasteiger partial charge in [0, 0.05) is 11.8 Å². The molecular weight excluding hydrogens is 534 g/mol. The van der Waals surface area contributed by atoms with E-state index < -0.39 is 30.3 Å². The van der Waals surface area contributed by atoms with Gasteiger partial charge in [-0.1, -0.05) is 37.1 Å². The van der Waals surface area contributed by atoms with Crippen LogP contribution in [0.4, 0.5) is 4.79 Å². The molecule has 0 unspecified atom stereocenters. The smallest absolute Gasteiger partial charge is 0.408 e. The van der Waals surface area contributed by atoms with Gasteiger partial charge in [0.15, 0.2) is 0 Å². The number of esters is 1. The normalized spacial score (nSPS) is 29.9. The van der Waals surface area contributed by atoms with Crippen LogP contribution in [-0.2, 0) is 19.1 Å². The highest BCUT2D eigenvalue weighted by Crippen LogP contribution is 2.35. The van der Waals surface area contributed by atoms with Crippen molar-refractivity contribution in [2.45, 2.75) is 94.9 Å². The molecule has 2 aliphatic heterocycles. The van der Waals surface area contributed by atoms with Crippen LogP contribution in [0.15, 0.2) is 36.4 Å². The molecule has 2 amide bonds. The molecule has 1 saturated heterocycles. The van der Waals surface area contributed by atoms with Crippen LogP contribution in [0, 0.1) is 11.8 Å². The largest absolute Gasteiger partial charge is 0.486 e. The molecule has 0 radical (unpaired) electrons. The Bertz CT molecular complexity index is 1340. The molecule has 2 aromatic rings. The second kappa shape index (κ2) is 12.7. The van der Waals surface area contributed by atoms with Crippen molar-refractivity contribution in [2.24, 2.45) is 11.8 Å². The Labute approximate surface area is 247 Å². The lowest BCUT2D eigenvalue weighted by Gasteiger charge is -2.31. The van der Waals surface area contributed by atoms with Crippen molar-refractivity contribution in [3.63, 3.8) is 0 Å². The summed E-state index contributed by atoms with van der Waals surface area (Å²) in [6.07, 6.45) is 12.7. The Morgan fingerprint density at radius 1 is 1.00 bits per heavy atom. The predicted molar refractivity (Wildman–Crippen MR) is 158 cm³/mol. The summed E-state index contributed by atoms with van der Waals surface area (Å²) < 4.78 is 17.6. The minimum atomic E-state index is -0.803. The number of rotatable bonds is 2. The number of nitrogens with zero attached hydrogens (tertiary/aromatic N) is 2. The quantitative estimate of drug-likeness (QED) is 0.478. The van der Waals surface area contributed by atoms with Crippen molar-refractivity contribution in [1.29, 1.82) is 0 Å². The first-order valence-corrected chi connectivity index (χ1v) is 15.6. The minimum Gasteiger partial charge on any atom is -0.486 e. The number of alkyl carbamates (subject to hydrolysis) is 1. The SMILES string of the molecule is COC(=O)[C@@H]1C[C@@H]2CN1C(=O)[C@H](C1CCCC1)NC(=O)O[C@@H]1CCC[C@H]1CCC/C=C/c1nc3ccccc3cc1O2. The van der Waals surface area contributed by atoms with Crippen molar-refractivity contribution < 1.29 is 28.6 Å². The fourth-order valence-corrected chi connectivity index (χ4v) is 7.32. The first-order valence-electron chi connectivity index (χ1n) is 15.6. The molecule has 1 N–H and O–H groups in total. The Balaban J connectivity index is 1.35. The average Bonchev–Trinajstić information content (AvgIpc) is 3.77. The van der Waals surface area contributed by atoms with E-state index in [-0.39, 0.29) is 24.5 Å². The summed E-state index contributed by atoms with van der Waals surface area (Å²) in [5, 5.41) is 3.91. The third-order valence-corrected chi connectivity index (χ3v) is 9.51. The fraction of sp³-hybridized carbons (Fsp3) is 0.576. The van der Waals surface area contributed by atoms with Gasteiger partial charge in [0.2, 0.25) is 5.91 Å². The molecule has 9 heteroatoms. The zero-order chi connectivity index (χ0) is 29.1. The molecule has 224 valence electrons. The van der Waals surface area contributed by atoms with Gasteiger partial charge in [-0.2, -0.15) is 0 Å². The number of hydrogen-bond acceptors (Lipinski definition) is 7. The monoisotopic (exact) mass is 575 g/mol. The number of methoxy groups -OCH3 is 1. The summed E-state index contributed by atoms with van der Waals surface area (Å²) in [6, 6.07) is 8.34. The number of para-hydroxylation sites is 1. The first kappa shape index (κ1) is 28.5. The number of hydrogen-bond donors (Lipinski definition) is 1. The number of fused-ring (bicyclic) bond motifs is 5. The van der Waals surface area contributed by atoms with E-state index in [4.69, 9.17) is 19.2 Å². The van der Waals surface area contributed by atoms with Crippen molar-refractivity contribution in [3.8, 4) is 5.75 Å². The van der Waals surface area contributed by atoms with Crippen molar-refractivity contribution in [1.82, 2.24) is 15.2 Å². The topological polar surface area (TPSA) is 107 Å². The lowest BCUT2D eigenvalue weighted by molar-refractivity contribution is -0.152. The van der Waals surface area contributed by atoms with Crippen LogP contribution in [-0.4, -0.2) is 65.8 Å². The molecule has 9 nitrogen and oxygen atoms in total. The van der Waals surface area contributed by atoms with E-state index in [1.54, 1.807) is 4.90 Å². The van der Waals surface area contributed by atoms with Gasteiger partial charge >= 0.3 is 12.1 Å². The number of pyridine rings is 1. The lowest BCUT2D eigenvalue weighted by atomic mass is 9.96. The summed E-state index contributed by atoms with van der Waals surface area (Å²) in [5.41, 5.74) is 1.61. The van der Waals surface area contributed by atoms with Crippen LogP contribution in [0.25, 0.3) is 17.0 Å². The van der Waals surface area contributed by atoms with Crippen LogP contribution in [0.3, 0.4) is 0 Å². The van der Waals surface area contributed by atoms with Crippen LogP contribution < -0.4 is 10.1 Å². The molecule has 42 heavy (non-hydrogen) atoms. The van der Waals surface area contributed by atoms with Gasteiger partial charge in [0.1, 0.15) is 35.7 Å². The summed E-state index contributed by atoms with van der Waals surface area (Å²) in [7, 11) is 1.33. The van der Waals surface area contributed by atoms with Gasteiger partial charge in [-0.15, -0.1) is 0 Å². The Morgan fingerprint density at radius 3 is 2.62 bits per heavy atom. The van der Waals surface area contributed by atoms with E-state index in [9.17, 15) is 14.4 Å². The molecule has 1 aromatic heterocycles. The zero-order valence-electron chi connectivity index (χ0n) is 24.3. The van der Waals surface area contributed by atoms with Gasteiger partial charge in [0.05, 0.1) is 19.2 Å². The highest BCUT2D eigenvalue weighted by molar-refractivity contribution is 5.90. The second-order valence-corrected chi connectivity index (χ2v) is 12.2. The molecule has 1 aromatic carbocycles. The van der Waals surface area contributed by atoms with E-state index in [1.807, 2.05) is 36.4 Å². The van der Waals surface area contributed by atoms with Crippen molar-refractivity contribution >= 4 is 34.9 Å². The number of aromatic nitrogens is 1. The third-order valence-electron chi connectivity index (χ3n) is 9.51. The maximum Gasteiger partial charge on any atom is 0.408 e. The van der Waals surface area contributed by atoms with E-state index in [1.165, 1.54) is 7.11 Å². The molecule has 2 bridgehead atoms. The van der Waals surface area contributed by atoms with Crippen LogP contribution in [0.5, 0.6) is 5.75 Å². The molecule has 4 aliphatic rings. The van der Waals surface area contributed by atoms with Crippen LogP contribution in [0.1, 0.15) is 76.3 Å². The predicted octanol–water partition coefficient (Wildman–Crippen LogP) is 5.41. The minimum absolute atomic E-state index is 0.00489. The number of amides is 2. The standard InChI is InChI=1S/C33H41N3O6/c1-40-32(38)27-19-24-20-36(27)31(37)30(22-11-5-6-12-22)35-33(39)42-28-17-9-14-21(28)10-3-2-4-16-26-29(41-24)18-23-13-7-8-15-25(23)34-26/h4,7-8,13,15-16,18,21-22,24,27-28,30H,2-3,5-6,9-12,14,17,19-20H2,1H3,(H,35,39)/b16-4+/t21-,24-,27+,28-,30+/m1/s1. The summed E-state index contributed by atoms with van der Waals surface area (Å²) in [5.74, 6) is 0.165. The lowest BCUT2D eigenvalue weighted by Crippen LogP contribution is -2.55. The highest BCUT2D eigenvalue weighted by Gasteiger charge is 2.46. The number of carbonyl (C=O) groups excluding carboxylic acids is 3. The summed E-state index contributed by atoms with van der Waals surface area (Å²) >= 11 is 0. The Morgan fingerprint density at radius 2 is 1.79 bits per heavy atom.